The van der Waals surface area contributed by atoms with Gasteiger partial charge in [0.1, 0.15) is 11.6 Å². The van der Waals surface area contributed by atoms with Crippen LogP contribution in [0.1, 0.15) is 30.5 Å². The number of carbonyl (C=O) groups is 3. The van der Waals surface area contributed by atoms with Crippen LogP contribution >= 0.6 is 0 Å². The molecule has 2 aliphatic rings. The van der Waals surface area contributed by atoms with Crippen LogP contribution in [-0.4, -0.2) is 52.8 Å². The van der Waals surface area contributed by atoms with Crippen molar-refractivity contribution in [2.45, 2.75) is 57.0 Å². The molecule has 1 saturated heterocycles. The third kappa shape index (κ3) is 4.59. The number of rotatable bonds is 7. The van der Waals surface area contributed by atoms with Crippen LogP contribution in [-0.2, 0) is 38.5 Å². The van der Waals surface area contributed by atoms with Crippen molar-refractivity contribution in [3.05, 3.63) is 71.3 Å². The Bertz CT molecular complexity index is 1020. The number of hydrogen-bond donors (Lipinski definition) is 2. The molecule has 0 saturated carbocycles. The number of nitrogens with one attached hydrogen (secondary N) is 1. The molecule has 168 valence electrons. The summed E-state index contributed by atoms with van der Waals surface area (Å²) in [5.41, 5.74) is 7.96. The summed E-state index contributed by atoms with van der Waals surface area (Å²) in [7, 11) is 0. The molecule has 4 atom stereocenters. The van der Waals surface area contributed by atoms with Crippen molar-refractivity contribution in [1.82, 2.24) is 10.2 Å². The molecule has 2 aromatic carbocycles. The first-order valence-electron chi connectivity index (χ1n) is 10.9. The third-order valence-electron chi connectivity index (χ3n) is 6.24. The van der Waals surface area contributed by atoms with Crippen molar-refractivity contribution in [1.29, 1.82) is 0 Å². The second-order valence-electron chi connectivity index (χ2n) is 8.88. The molecule has 0 aromatic heterocycles. The molecule has 0 aliphatic carbocycles. The minimum atomic E-state index is -0.868. The number of epoxide rings is 1. The van der Waals surface area contributed by atoms with E-state index < -0.39 is 23.7 Å². The average molecular weight is 436 g/mol. The number of benzene rings is 2. The van der Waals surface area contributed by atoms with Gasteiger partial charge in [-0.1, -0.05) is 54.6 Å². The van der Waals surface area contributed by atoms with Gasteiger partial charge in [-0.15, -0.1) is 0 Å². The minimum absolute atomic E-state index is 0.156. The number of hydrogen-bond acceptors (Lipinski definition) is 5. The number of ether oxygens (including phenoxy) is 1. The van der Waals surface area contributed by atoms with Crippen LogP contribution in [0.15, 0.2) is 54.6 Å². The van der Waals surface area contributed by atoms with E-state index in [-0.39, 0.29) is 17.6 Å². The molecule has 7 heteroatoms. The fraction of sp³-hybridized carbons (Fsp3) is 0.400. The van der Waals surface area contributed by atoms with Gasteiger partial charge >= 0.3 is 0 Å². The van der Waals surface area contributed by atoms with Crippen LogP contribution in [0.3, 0.4) is 0 Å². The van der Waals surface area contributed by atoms with E-state index in [2.05, 4.69) is 5.32 Å². The quantitative estimate of drug-likeness (QED) is 0.639. The van der Waals surface area contributed by atoms with E-state index in [4.69, 9.17) is 10.5 Å². The van der Waals surface area contributed by atoms with Crippen molar-refractivity contribution in [2.75, 3.05) is 6.61 Å². The SMILES string of the molecule is CC(N)C(=O)N1Cc2ccccc2CC1C(=O)NC(Cc1ccccc1)C(=O)C1(C)CO1. The lowest BCUT2D eigenvalue weighted by Gasteiger charge is -2.37. The van der Waals surface area contributed by atoms with E-state index in [1.165, 1.54) is 4.90 Å². The normalized spacial score (nSPS) is 23.6. The molecular formula is C25H29N3O4. The predicted molar refractivity (Wildman–Crippen MR) is 120 cm³/mol. The Morgan fingerprint density at radius 1 is 1.12 bits per heavy atom. The van der Waals surface area contributed by atoms with E-state index in [1.54, 1.807) is 13.8 Å². The maximum atomic E-state index is 13.5. The summed E-state index contributed by atoms with van der Waals surface area (Å²) in [6.45, 7) is 4.01. The molecule has 0 bridgehead atoms. The van der Waals surface area contributed by atoms with Gasteiger partial charge in [0.05, 0.1) is 18.7 Å². The largest absolute Gasteiger partial charge is 0.361 e. The molecule has 3 N–H and O–H groups in total. The summed E-state index contributed by atoms with van der Waals surface area (Å²) in [5, 5.41) is 2.93. The summed E-state index contributed by atoms with van der Waals surface area (Å²) in [5.74, 6) is -0.800. The van der Waals surface area contributed by atoms with Crippen LogP contribution in [0.5, 0.6) is 0 Å². The Kier molecular flexibility index (Phi) is 6.13. The number of Topliss-reactive ketones (excluding diaryl/α,β-unsaturated/α-hetero) is 1. The van der Waals surface area contributed by atoms with E-state index in [9.17, 15) is 14.4 Å². The highest BCUT2D eigenvalue weighted by Gasteiger charge is 2.50. The fourth-order valence-electron chi connectivity index (χ4n) is 4.20. The Morgan fingerprint density at radius 2 is 1.75 bits per heavy atom. The Morgan fingerprint density at radius 3 is 2.38 bits per heavy atom. The molecule has 2 amide bonds. The second-order valence-corrected chi connectivity index (χ2v) is 8.88. The minimum Gasteiger partial charge on any atom is -0.361 e. The molecule has 2 heterocycles. The lowest BCUT2D eigenvalue weighted by molar-refractivity contribution is -0.143. The summed E-state index contributed by atoms with van der Waals surface area (Å²) in [6, 6.07) is 15.1. The zero-order valence-corrected chi connectivity index (χ0v) is 18.4. The van der Waals surface area contributed by atoms with E-state index in [0.29, 0.717) is 26.0 Å². The van der Waals surface area contributed by atoms with Crippen LogP contribution in [0, 0.1) is 0 Å². The predicted octanol–water partition coefficient (Wildman–Crippen LogP) is 1.37. The van der Waals surface area contributed by atoms with Gasteiger partial charge in [0.15, 0.2) is 5.78 Å². The number of ketones is 1. The molecule has 32 heavy (non-hydrogen) atoms. The van der Waals surface area contributed by atoms with Gasteiger partial charge in [0, 0.05) is 13.0 Å². The van der Waals surface area contributed by atoms with Crippen molar-refractivity contribution >= 4 is 17.6 Å². The van der Waals surface area contributed by atoms with Gasteiger partial charge in [0.25, 0.3) is 0 Å². The van der Waals surface area contributed by atoms with E-state index in [0.717, 1.165) is 16.7 Å². The van der Waals surface area contributed by atoms with Crippen molar-refractivity contribution in [2.24, 2.45) is 5.73 Å². The molecule has 2 aromatic rings. The van der Waals surface area contributed by atoms with E-state index in [1.807, 2.05) is 54.6 Å². The number of carbonyl (C=O) groups excluding carboxylic acids is 3. The molecular weight excluding hydrogens is 406 g/mol. The summed E-state index contributed by atoms with van der Waals surface area (Å²) >= 11 is 0. The second kappa shape index (κ2) is 8.84. The van der Waals surface area contributed by atoms with Crippen molar-refractivity contribution in [3.63, 3.8) is 0 Å². The van der Waals surface area contributed by atoms with Gasteiger partial charge in [-0.05, 0) is 37.0 Å². The van der Waals surface area contributed by atoms with Crippen LogP contribution < -0.4 is 11.1 Å². The molecule has 1 fully saturated rings. The van der Waals surface area contributed by atoms with Crippen LogP contribution in [0.25, 0.3) is 0 Å². The maximum Gasteiger partial charge on any atom is 0.243 e. The number of nitrogens with two attached hydrogens (primary N) is 1. The Labute approximate surface area is 187 Å². The highest BCUT2D eigenvalue weighted by atomic mass is 16.6. The molecule has 7 nitrogen and oxygen atoms in total. The monoisotopic (exact) mass is 435 g/mol. The highest BCUT2D eigenvalue weighted by molar-refractivity contribution is 5.98. The van der Waals surface area contributed by atoms with E-state index >= 15 is 0 Å². The third-order valence-corrected chi connectivity index (χ3v) is 6.24. The topological polar surface area (TPSA) is 105 Å². The Hall–Kier alpha value is -3.03. The van der Waals surface area contributed by atoms with Crippen molar-refractivity contribution in [3.8, 4) is 0 Å². The highest BCUT2D eigenvalue weighted by Crippen LogP contribution is 2.30. The van der Waals surface area contributed by atoms with Gasteiger partial charge in [0.2, 0.25) is 11.8 Å². The first kappa shape index (κ1) is 22.2. The zero-order chi connectivity index (χ0) is 22.9. The van der Waals surface area contributed by atoms with Gasteiger partial charge in [-0.2, -0.15) is 0 Å². The summed E-state index contributed by atoms with van der Waals surface area (Å²) in [6.07, 6.45) is 0.732. The molecule has 0 radical (unpaired) electrons. The van der Waals surface area contributed by atoms with Crippen LogP contribution in [0.4, 0.5) is 0 Å². The molecule has 4 rings (SSSR count). The zero-order valence-electron chi connectivity index (χ0n) is 18.4. The van der Waals surface area contributed by atoms with Gasteiger partial charge < -0.3 is 20.7 Å². The standard InChI is InChI=1S/C25H29N3O4/c1-16(26)24(31)28-14-19-11-7-6-10-18(19)13-21(28)23(30)27-20(22(29)25(2)15-32-25)12-17-8-4-3-5-9-17/h3-11,16,20-21H,12-15,26H2,1-2H3,(H,27,30). The van der Waals surface area contributed by atoms with Gasteiger partial charge in [-0.3, -0.25) is 14.4 Å². The lowest BCUT2D eigenvalue weighted by Crippen LogP contribution is -2.58. The molecule has 0 spiro atoms. The molecule has 4 unspecified atom stereocenters. The van der Waals surface area contributed by atoms with Crippen LogP contribution in [0.2, 0.25) is 0 Å². The first-order valence-corrected chi connectivity index (χ1v) is 10.9. The summed E-state index contributed by atoms with van der Waals surface area (Å²) < 4.78 is 5.36. The average Bonchev–Trinajstić information content (AvgIpc) is 3.55. The number of amides is 2. The maximum absolute atomic E-state index is 13.5. The molecule has 2 aliphatic heterocycles. The van der Waals surface area contributed by atoms with Crippen molar-refractivity contribution < 1.29 is 19.1 Å². The fourth-order valence-corrected chi connectivity index (χ4v) is 4.20. The smallest absolute Gasteiger partial charge is 0.243 e. The number of fused-ring (bicyclic) bond motifs is 1. The Balaban J connectivity index is 1.59. The summed E-state index contributed by atoms with van der Waals surface area (Å²) in [4.78, 5) is 41.0. The first-order chi connectivity index (χ1) is 15.3. The lowest BCUT2D eigenvalue weighted by atomic mass is 9.91. The van der Waals surface area contributed by atoms with Gasteiger partial charge in [-0.25, -0.2) is 0 Å². The number of nitrogens with zero attached hydrogens (tertiary/aromatic N) is 1.